The van der Waals surface area contributed by atoms with Crippen molar-refractivity contribution < 1.29 is 9.59 Å². The lowest BCUT2D eigenvalue weighted by molar-refractivity contribution is 0.0821. The maximum Gasteiger partial charge on any atom is 0.274 e. The summed E-state index contributed by atoms with van der Waals surface area (Å²) >= 11 is 6.08. The predicted octanol–water partition coefficient (Wildman–Crippen LogP) is 3.34. The Labute approximate surface area is 177 Å². The van der Waals surface area contributed by atoms with E-state index < -0.39 is 5.91 Å². The van der Waals surface area contributed by atoms with Gasteiger partial charge >= 0.3 is 0 Å². The summed E-state index contributed by atoms with van der Waals surface area (Å²) in [6.45, 7) is 0. The van der Waals surface area contributed by atoms with Gasteiger partial charge in [-0.05, 0) is 18.2 Å². The second-order valence-corrected chi connectivity index (χ2v) is 7.44. The molecule has 152 valence electrons. The number of hydrogen-bond acceptors (Lipinski definition) is 4. The fourth-order valence-electron chi connectivity index (χ4n) is 3.14. The predicted molar refractivity (Wildman–Crippen MR) is 115 cm³/mol. The molecule has 0 radical (unpaired) electrons. The maximum absolute atomic E-state index is 12.9. The molecule has 0 aliphatic rings. The molecule has 0 atom stereocenters. The molecule has 0 saturated carbocycles. The van der Waals surface area contributed by atoms with E-state index in [4.69, 9.17) is 11.6 Å². The van der Waals surface area contributed by atoms with Crippen molar-refractivity contribution in [3.8, 4) is 11.3 Å². The van der Waals surface area contributed by atoms with Crippen molar-refractivity contribution in [2.24, 2.45) is 7.05 Å². The number of amides is 2. The van der Waals surface area contributed by atoms with Gasteiger partial charge in [0.2, 0.25) is 0 Å². The number of aryl methyl sites for hydroxylation is 1. The zero-order chi connectivity index (χ0) is 21.4. The Bertz CT molecular complexity index is 1270. The second kappa shape index (κ2) is 7.64. The molecule has 0 fully saturated rings. The molecule has 9 heteroatoms. The van der Waals surface area contributed by atoms with Gasteiger partial charge in [0.1, 0.15) is 11.3 Å². The summed E-state index contributed by atoms with van der Waals surface area (Å²) in [5.74, 6) is -0.714. The Morgan fingerprint density at radius 2 is 1.97 bits per heavy atom. The van der Waals surface area contributed by atoms with Gasteiger partial charge in [0.25, 0.3) is 11.8 Å². The van der Waals surface area contributed by atoms with E-state index >= 15 is 0 Å². The smallest absolute Gasteiger partial charge is 0.274 e. The van der Waals surface area contributed by atoms with Gasteiger partial charge in [-0.2, -0.15) is 5.10 Å². The lowest BCUT2D eigenvalue weighted by Crippen LogP contribution is -2.26. The molecule has 1 N–H and O–H groups in total. The van der Waals surface area contributed by atoms with Crippen LogP contribution in [0.25, 0.3) is 16.9 Å². The highest BCUT2D eigenvalue weighted by atomic mass is 35.5. The summed E-state index contributed by atoms with van der Waals surface area (Å²) in [6.07, 6.45) is 5.09. The van der Waals surface area contributed by atoms with Crippen molar-refractivity contribution in [3.63, 3.8) is 0 Å². The average Bonchev–Trinajstić information content (AvgIpc) is 3.30. The van der Waals surface area contributed by atoms with Gasteiger partial charge < -0.3 is 14.6 Å². The van der Waals surface area contributed by atoms with Crippen molar-refractivity contribution in [2.45, 2.75) is 0 Å². The first-order valence-electron chi connectivity index (χ1n) is 9.13. The number of benzene rings is 1. The molecule has 0 unspecified atom stereocenters. The number of carbonyl (C=O) groups excluding carboxylic acids is 2. The minimum absolute atomic E-state index is 0.191. The molecule has 0 bridgehead atoms. The number of hydrogen-bond donors (Lipinski definition) is 1. The third-order valence-corrected chi connectivity index (χ3v) is 4.86. The first-order chi connectivity index (χ1) is 14.3. The first-order valence-corrected chi connectivity index (χ1v) is 9.51. The zero-order valence-corrected chi connectivity index (χ0v) is 17.4. The summed E-state index contributed by atoms with van der Waals surface area (Å²) < 4.78 is 3.24. The number of fused-ring (bicyclic) bond motifs is 1. The molecular weight excluding hydrogens is 404 g/mol. The highest BCUT2D eigenvalue weighted by Crippen LogP contribution is 2.23. The van der Waals surface area contributed by atoms with Crippen LogP contribution in [0.4, 0.5) is 5.69 Å². The van der Waals surface area contributed by atoms with E-state index in [1.54, 1.807) is 39.5 Å². The molecule has 30 heavy (non-hydrogen) atoms. The van der Waals surface area contributed by atoms with E-state index in [2.05, 4.69) is 15.4 Å². The molecular formula is C21H19ClN6O2. The number of aromatic nitrogens is 4. The zero-order valence-electron chi connectivity index (χ0n) is 16.6. The normalized spacial score (nSPS) is 10.9. The number of anilines is 1. The van der Waals surface area contributed by atoms with Crippen molar-refractivity contribution >= 4 is 34.7 Å². The van der Waals surface area contributed by atoms with E-state index in [1.165, 1.54) is 15.8 Å². The van der Waals surface area contributed by atoms with Gasteiger partial charge in [-0.15, -0.1) is 0 Å². The molecule has 0 aliphatic carbocycles. The average molecular weight is 423 g/mol. The van der Waals surface area contributed by atoms with Gasteiger partial charge in [0, 0.05) is 55.9 Å². The van der Waals surface area contributed by atoms with Crippen LogP contribution in [-0.4, -0.2) is 50.0 Å². The standard InChI is InChI=1S/C21H19ClN6O2/c1-26(2)21(30)16-11-23-27(3)19(16)20(29)24-15-7-8-28-12-17(25-18(28)10-15)13-5-4-6-14(22)9-13/h4-12H,1-3H3,(H,24,29). The van der Waals surface area contributed by atoms with E-state index in [-0.39, 0.29) is 17.2 Å². The minimum Gasteiger partial charge on any atom is -0.345 e. The minimum atomic E-state index is -0.425. The van der Waals surface area contributed by atoms with Gasteiger partial charge in [-0.25, -0.2) is 4.98 Å². The third-order valence-electron chi connectivity index (χ3n) is 4.63. The molecule has 0 saturated heterocycles. The van der Waals surface area contributed by atoms with Crippen LogP contribution in [0.5, 0.6) is 0 Å². The molecule has 0 spiro atoms. The van der Waals surface area contributed by atoms with Crippen molar-refractivity contribution in [1.82, 2.24) is 24.1 Å². The van der Waals surface area contributed by atoms with Crippen LogP contribution in [0.15, 0.2) is 55.0 Å². The van der Waals surface area contributed by atoms with Crippen molar-refractivity contribution in [3.05, 3.63) is 71.3 Å². The quantitative estimate of drug-likeness (QED) is 0.546. The second-order valence-electron chi connectivity index (χ2n) is 7.00. The number of nitrogens with one attached hydrogen (secondary N) is 1. The number of halogens is 1. The van der Waals surface area contributed by atoms with Crippen LogP contribution in [0.1, 0.15) is 20.8 Å². The lowest BCUT2D eigenvalue weighted by atomic mass is 10.2. The summed E-state index contributed by atoms with van der Waals surface area (Å²) in [5, 5.41) is 7.52. The highest BCUT2D eigenvalue weighted by molar-refractivity contribution is 6.30. The first kappa shape index (κ1) is 19.7. The summed E-state index contributed by atoms with van der Waals surface area (Å²) in [4.78, 5) is 31.2. The van der Waals surface area contributed by atoms with Crippen LogP contribution < -0.4 is 5.32 Å². The highest BCUT2D eigenvalue weighted by Gasteiger charge is 2.23. The van der Waals surface area contributed by atoms with Gasteiger partial charge in [-0.3, -0.25) is 14.3 Å². The Morgan fingerprint density at radius 3 is 2.70 bits per heavy atom. The molecule has 4 aromatic rings. The third kappa shape index (κ3) is 3.65. The Hall–Kier alpha value is -3.65. The van der Waals surface area contributed by atoms with Crippen molar-refractivity contribution in [2.75, 3.05) is 19.4 Å². The van der Waals surface area contributed by atoms with Crippen LogP contribution in [0, 0.1) is 0 Å². The van der Waals surface area contributed by atoms with Crippen molar-refractivity contribution in [1.29, 1.82) is 0 Å². The van der Waals surface area contributed by atoms with E-state index in [9.17, 15) is 9.59 Å². The summed E-state index contributed by atoms with van der Waals surface area (Å²) in [7, 11) is 4.87. The summed E-state index contributed by atoms with van der Waals surface area (Å²) in [5.41, 5.74) is 3.32. The van der Waals surface area contributed by atoms with Crippen LogP contribution in [0.3, 0.4) is 0 Å². The molecule has 4 rings (SSSR count). The van der Waals surface area contributed by atoms with E-state index in [1.807, 2.05) is 34.9 Å². The van der Waals surface area contributed by atoms with E-state index in [0.717, 1.165) is 11.3 Å². The van der Waals surface area contributed by atoms with Crippen LogP contribution >= 0.6 is 11.6 Å². The Kier molecular flexibility index (Phi) is 5.01. The number of pyridine rings is 1. The molecule has 0 aliphatic heterocycles. The molecule has 3 aromatic heterocycles. The number of carbonyl (C=O) groups is 2. The topological polar surface area (TPSA) is 84.5 Å². The van der Waals surface area contributed by atoms with Crippen LogP contribution in [-0.2, 0) is 7.05 Å². The molecule has 1 aromatic carbocycles. The van der Waals surface area contributed by atoms with Crippen LogP contribution in [0.2, 0.25) is 5.02 Å². The van der Waals surface area contributed by atoms with E-state index in [0.29, 0.717) is 16.4 Å². The maximum atomic E-state index is 12.9. The number of rotatable bonds is 4. The number of imidazole rings is 1. The summed E-state index contributed by atoms with van der Waals surface area (Å²) in [6, 6.07) is 11.0. The lowest BCUT2D eigenvalue weighted by Gasteiger charge is -2.11. The monoisotopic (exact) mass is 422 g/mol. The van der Waals surface area contributed by atoms with Gasteiger partial charge in [0.05, 0.1) is 17.5 Å². The molecule has 3 heterocycles. The van der Waals surface area contributed by atoms with Gasteiger partial charge in [-0.1, -0.05) is 23.7 Å². The molecule has 8 nitrogen and oxygen atoms in total. The largest absolute Gasteiger partial charge is 0.345 e. The SMILES string of the molecule is CN(C)C(=O)c1cnn(C)c1C(=O)Nc1ccn2cc(-c3cccc(Cl)c3)nc2c1. The molecule has 2 amide bonds. The van der Waals surface area contributed by atoms with Gasteiger partial charge in [0.15, 0.2) is 0 Å². The Balaban J connectivity index is 1.63. The fraction of sp³-hybridized carbons (Fsp3) is 0.143. The fourth-order valence-corrected chi connectivity index (χ4v) is 3.33. The Morgan fingerprint density at radius 1 is 1.17 bits per heavy atom. The number of nitrogens with zero attached hydrogens (tertiary/aromatic N) is 5.